The molecule has 1 saturated heterocycles. The van der Waals surface area contributed by atoms with Crippen LogP contribution in [0.2, 0.25) is 5.02 Å². The fourth-order valence-electron chi connectivity index (χ4n) is 3.93. The van der Waals surface area contributed by atoms with Crippen molar-refractivity contribution in [1.82, 2.24) is 14.3 Å². The molecule has 8 heteroatoms. The molecule has 1 aromatic carbocycles. The Bertz CT molecular complexity index is 1080. The van der Waals surface area contributed by atoms with Gasteiger partial charge in [0.1, 0.15) is 5.65 Å². The first-order valence-electron chi connectivity index (χ1n) is 9.28. The van der Waals surface area contributed by atoms with E-state index in [1.807, 2.05) is 25.4 Å². The largest absolute Gasteiger partial charge is 0.369 e. The summed E-state index contributed by atoms with van der Waals surface area (Å²) in [6.45, 7) is 3.15. The molecule has 3 heterocycles. The van der Waals surface area contributed by atoms with E-state index in [1.54, 1.807) is 34.8 Å². The first-order valence-corrected chi connectivity index (χ1v) is 11.1. The van der Waals surface area contributed by atoms with Crippen LogP contribution in [0.1, 0.15) is 13.3 Å². The number of likely N-dealkylation sites (N-methyl/N-ethyl adjacent to an activating group) is 1. The van der Waals surface area contributed by atoms with E-state index in [4.69, 9.17) is 11.6 Å². The summed E-state index contributed by atoms with van der Waals surface area (Å²) in [5, 5.41) is 1.56. The molecule has 148 valence electrons. The molecule has 1 fully saturated rings. The summed E-state index contributed by atoms with van der Waals surface area (Å²) in [5.41, 5.74) is 1.88. The summed E-state index contributed by atoms with van der Waals surface area (Å²) >= 11 is 5.91. The third-order valence-electron chi connectivity index (χ3n) is 5.65. The van der Waals surface area contributed by atoms with Gasteiger partial charge in [-0.15, -0.1) is 0 Å². The van der Waals surface area contributed by atoms with Crippen molar-refractivity contribution in [1.29, 1.82) is 0 Å². The van der Waals surface area contributed by atoms with Crippen LogP contribution in [0.5, 0.6) is 0 Å². The average molecular weight is 419 g/mol. The molecular formula is C20H23ClN4O2S. The van der Waals surface area contributed by atoms with Gasteiger partial charge in [0, 0.05) is 54.7 Å². The number of anilines is 1. The van der Waals surface area contributed by atoms with Crippen molar-refractivity contribution in [2.75, 3.05) is 25.0 Å². The van der Waals surface area contributed by atoms with Crippen molar-refractivity contribution >= 4 is 38.3 Å². The van der Waals surface area contributed by atoms with Gasteiger partial charge in [0.2, 0.25) is 10.0 Å². The van der Waals surface area contributed by atoms with Crippen LogP contribution in [0.3, 0.4) is 0 Å². The number of benzene rings is 1. The summed E-state index contributed by atoms with van der Waals surface area (Å²) in [6.07, 6.45) is 4.46. The number of sulfonamides is 1. The van der Waals surface area contributed by atoms with Gasteiger partial charge in [0.25, 0.3) is 0 Å². The van der Waals surface area contributed by atoms with E-state index in [0.717, 1.165) is 23.1 Å². The Balaban J connectivity index is 1.63. The first kappa shape index (κ1) is 19.2. The zero-order valence-electron chi connectivity index (χ0n) is 15.8. The van der Waals surface area contributed by atoms with E-state index in [-0.39, 0.29) is 10.9 Å². The number of nitrogens with zero attached hydrogens (tertiary/aromatic N) is 3. The first-order chi connectivity index (χ1) is 13.4. The maximum Gasteiger partial charge on any atom is 0.243 e. The van der Waals surface area contributed by atoms with Crippen LogP contribution in [0.4, 0.5) is 5.69 Å². The third kappa shape index (κ3) is 3.38. The van der Waals surface area contributed by atoms with Crippen molar-refractivity contribution in [3.05, 3.63) is 53.8 Å². The Kier molecular flexibility index (Phi) is 5.07. The Morgan fingerprint density at radius 2 is 1.96 bits per heavy atom. The van der Waals surface area contributed by atoms with E-state index in [0.29, 0.717) is 24.0 Å². The van der Waals surface area contributed by atoms with E-state index in [1.165, 1.54) is 0 Å². The van der Waals surface area contributed by atoms with Crippen LogP contribution >= 0.6 is 11.6 Å². The molecule has 0 saturated carbocycles. The summed E-state index contributed by atoms with van der Waals surface area (Å²) in [6, 6.07) is 10.4. The van der Waals surface area contributed by atoms with Crippen LogP contribution in [0.15, 0.2) is 53.7 Å². The summed E-state index contributed by atoms with van der Waals surface area (Å²) in [4.78, 5) is 9.95. The number of aromatic amines is 1. The molecule has 28 heavy (non-hydrogen) atoms. The predicted molar refractivity (Wildman–Crippen MR) is 112 cm³/mol. The molecule has 4 rings (SSSR count). The molecule has 2 atom stereocenters. The highest BCUT2D eigenvalue weighted by Gasteiger charge is 2.36. The Morgan fingerprint density at radius 1 is 1.21 bits per heavy atom. The highest BCUT2D eigenvalue weighted by molar-refractivity contribution is 7.89. The monoisotopic (exact) mass is 418 g/mol. The lowest BCUT2D eigenvalue weighted by Crippen LogP contribution is -2.52. The number of fused-ring (bicyclic) bond motifs is 1. The van der Waals surface area contributed by atoms with Gasteiger partial charge in [-0.25, -0.2) is 13.4 Å². The number of hydrogen-bond donors (Lipinski definition) is 1. The van der Waals surface area contributed by atoms with Crippen molar-refractivity contribution in [3.63, 3.8) is 0 Å². The summed E-state index contributed by atoms with van der Waals surface area (Å²) in [5.74, 6) is 0.365. The summed E-state index contributed by atoms with van der Waals surface area (Å²) in [7, 11) is -1.52. The fraction of sp³-hybridized carbons (Fsp3) is 0.350. The molecule has 3 aromatic rings. The standard InChI is InChI=1S/C20H23ClN4O2S/c1-14-9-12-25(28(26,27)16-5-3-15(21)4-6-16)13-19(14)24(2)18-8-11-23-20-17(18)7-10-22-20/h3-8,10-11,14,19H,9,12-13H2,1-2H3,(H,22,23)/t14-,19+/m1/s1. The molecular weight excluding hydrogens is 396 g/mol. The number of H-pyrrole nitrogens is 1. The van der Waals surface area contributed by atoms with E-state index in [9.17, 15) is 8.42 Å². The van der Waals surface area contributed by atoms with Crippen molar-refractivity contribution < 1.29 is 8.42 Å². The molecule has 0 bridgehead atoms. The normalized spacial score (nSPS) is 21.1. The molecule has 2 aromatic heterocycles. The number of hydrogen-bond acceptors (Lipinski definition) is 4. The third-order valence-corrected chi connectivity index (χ3v) is 7.78. The minimum absolute atomic E-state index is 0.0660. The van der Waals surface area contributed by atoms with Crippen molar-refractivity contribution in [2.24, 2.45) is 5.92 Å². The molecule has 6 nitrogen and oxygen atoms in total. The second kappa shape index (κ2) is 7.39. The Labute approximate surface area is 170 Å². The smallest absolute Gasteiger partial charge is 0.243 e. The number of piperidine rings is 1. The highest BCUT2D eigenvalue weighted by Crippen LogP contribution is 2.32. The Hall–Kier alpha value is -2.09. The summed E-state index contributed by atoms with van der Waals surface area (Å²) < 4.78 is 27.9. The maximum absolute atomic E-state index is 13.1. The lowest BCUT2D eigenvalue weighted by molar-refractivity contribution is 0.248. The molecule has 0 amide bonds. The minimum Gasteiger partial charge on any atom is -0.369 e. The van der Waals surface area contributed by atoms with Gasteiger partial charge in [-0.05, 0) is 48.7 Å². The topological polar surface area (TPSA) is 69.3 Å². The van der Waals surface area contributed by atoms with Gasteiger partial charge in [0.05, 0.1) is 4.90 Å². The number of nitrogens with one attached hydrogen (secondary N) is 1. The van der Waals surface area contributed by atoms with Gasteiger partial charge in [-0.2, -0.15) is 4.31 Å². The minimum atomic E-state index is -3.55. The highest BCUT2D eigenvalue weighted by atomic mass is 35.5. The van der Waals surface area contributed by atoms with E-state index >= 15 is 0 Å². The fourth-order valence-corrected chi connectivity index (χ4v) is 5.53. The van der Waals surface area contributed by atoms with Gasteiger partial charge in [-0.1, -0.05) is 18.5 Å². The molecule has 1 aliphatic heterocycles. The van der Waals surface area contributed by atoms with Gasteiger partial charge < -0.3 is 9.88 Å². The lowest BCUT2D eigenvalue weighted by atomic mass is 9.93. The SMILES string of the molecule is C[C@@H]1CCN(S(=O)(=O)c2ccc(Cl)cc2)C[C@@H]1N(C)c1ccnc2[nH]ccc12. The van der Waals surface area contributed by atoms with Crippen LogP contribution in [-0.2, 0) is 10.0 Å². The van der Waals surface area contributed by atoms with Gasteiger partial charge in [-0.3, -0.25) is 0 Å². The second-order valence-electron chi connectivity index (χ2n) is 7.33. The van der Waals surface area contributed by atoms with Crippen LogP contribution in [0.25, 0.3) is 11.0 Å². The Morgan fingerprint density at radius 3 is 2.71 bits per heavy atom. The van der Waals surface area contributed by atoms with Gasteiger partial charge >= 0.3 is 0 Å². The van der Waals surface area contributed by atoms with E-state index < -0.39 is 10.0 Å². The van der Waals surface area contributed by atoms with Gasteiger partial charge in [0.15, 0.2) is 0 Å². The zero-order chi connectivity index (χ0) is 19.9. The molecule has 1 N–H and O–H groups in total. The predicted octanol–water partition coefficient (Wildman–Crippen LogP) is 3.75. The number of pyridine rings is 1. The van der Waals surface area contributed by atoms with E-state index in [2.05, 4.69) is 21.8 Å². The van der Waals surface area contributed by atoms with Crippen molar-refractivity contribution in [3.8, 4) is 0 Å². The quantitative estimate of drug-likeness (QED) is 0.700. The lowest BCUT2D eigenvalue weighted by Gasteiger charge is -2.42. The van der Waals surface area contributed by atoms with Crippen LogP contribution < -0.4 is 4.90 Å². The molecule has 0 spiro atoms. The van der Waals surface area contributed by atoms with Crippen LogP contribution in [0, 0.1) is 5.92 Å². The molecule has 1 aliphatic rings. The van der Waals surface area contributed by atoms with Crippen LogP contribution in [-0.4, -0.2) is 48.9 Å². The number of aromatic nitrogens is 2. The molecule has 0 radical (unpaired) electrons. The molecule has 0 aliphatic carbocycles. The maximum atomic E-state index is 13.1. The number of rotatable bonds is 4. The van der Waals surface area contributed by atoms with Crippen molar-refractivity contribution in [2.45, 2.75) is 24.3 Å². The average Bonchev–Trinajstić information content (AvgIpc) is 3.17. The number of halogens is 1. The zero-order valence-corrected chi connectivity index (χ0v) is 17.4. The second-order valence-corrected chi connectivity index (χ2v) is 9.71. The molecule has 0 unspecified atom stereocenters.